The molecule has 3 rings (SSSR count). The zero-order valence-corrected chi connectivity index (χ0v) is 15.0. The summed E-state index contributed by atoms with van der Waals surface area (Å²) >= 11 is 0. The van der Waals surface area contributed by atoms with Gasteiger partial charge in [-0.3, -0.25) is 4.79 Å². The number of rotatable bonds is 5. The van der Waals surface area contributed by atoms with Crippen molar-refractivity contribution in [2.75, 3.05) is 0 Å². The summed E-state index contributed by atoms with van der Waals surface area (Å²) in [5.41, 5.74) is 0.836. The first-order valence-electron chi connectivity index (χ1n) is 8.80. The second-order valence-corrected chi connectivity index (χ2v) is 6.95. The summed E-state index contributed by atoms with van der Waals surface area (Å²) in [5, 5.41) is 13.8. The molecule has 0 aromatic heterocycles. The zero-order valence-electron chi connectivity index (χ0n) is 15.0. The lowest BCUT2D eigenvalue weighted by atomic mass is 9.96. The molecule has 0 radical (unpaired) electrons. The van der Waals surface area contributed by atoms with Crippen LogP contribution in [0.3, 0.4) is 0 Å². The molecule has 0 saturated carbocycles. The maximum absolute atomic E-state index is 12.4. The van der Waals surface area contributed by atoms with Crippen molar-refractivity contribution < 1.29 is 14.6 Å². The van der Waals surface area contributed by atoms with Crippen molar-refractivity contribution in [2.24, 2.45) is 5.92 Å². The highest BCUT2D eigenvalue weighted by Gasteiger charge is 2.16. The number of aliphatic hydroxyl groups excluding tert-OH is 1. The van der Waals surface area contributed by atoms with Crippen LogP contribution in [0.4, 0.5) is 0 Å². The molecule has 3 nitrogen and oxygen atoms in total. The van der Waals surface area contributed by atoms with Gasteiger partial charge in [0.25, 0.3) is 0 Å². The first-order chi connectivity index (χ1) is 12.0. The molecule has 0 aliphatic rings. The third-order valence-electron chi connectivity index (χ3n) is 4.48. The van der Waals surface area contributed by atoms with Crippen LogP contribution < -0.4 is 4.74 Å². The first kappa shape index (κ1) is 17.4. The predicted octanol–water partition coefficient (Wildman–Crippen LogP) is 5.39. The molecule has 1 N–H and O–H groups in total. The second-order valence-electron chi connectivity index (χ2n) is 6.95. The lowest BCUT2D eigenvalue weighted by Crippen LogP contribution is -2.09. The van der Waals surface area contributed by atoms with Gasteiger partial charge in [-0.25, -0.2) is 0 Å². The fraction of sp³-hybridized carbons (Fsp3) is 0.318. The molecule has 1 atom stereocenters. The van der Waals surface area contributed by atoms with E-state index in [1.54, 1.807) is 6.92 Å². The van der Waals surface area contributed by atoms with Gasteiger partial charge >= 0.3 is 5.97 Å². The van der Waals surface area contributed by atoms with Crippen LogP contribution in [0.5, 0.6) is 5.75 Å². The summed E-state index contributed by atoms with van der Waals surface area (Å²) in [6, 6.07) is 15.7. The molecule has 3 aromatic carbocycles. The molecule has 3 aromatic rings. The number of hydrogen-bond donors (Lipinski definition) is 1. The molecule has 0 bridgehead atoms. The Morgan fingerprint density at radius 3 is 2.44 bits per heavy atom. The van der Waals surface area contributed by atoms with Gasteiger partial charge in [-0.05, 0) is 41.7 Å². The Labute approximate surface area is 148 Å². The summed E-state index contributed by atoms with van der Waals surface area (Å²) in [6.07, 6.45) is 0.619. The van der Waals surface area contributed by atoms with Crippen molar-refractivity contribution >= 4 is 27.5 Å². The van der Waals surface area contributed by atoms with Crippen LogP contribution in [-0.4, -0.2) is 11.1 Å². The predicted molar refractivity (Wildman–Crippen MR) is 102 cm³/mol. The molecular weight excluding hydrogens is 312 g/mol. The smallest absolute Gasteiger partial charge is 0.311 e. The summed E-state index contributed by atoms with van der Waals surface area (Å²) in [7, 11) is 0. The van der Waals surface area contributed by atoms with E-state index < -0.39 is 6.10 Å². The normalized spacial score (nSPS) is 12.7. The van der Waals surface area contributed by atoms with E-state index in [2.05, 4.69) is 19.9 Å². The molecule has 0 aliphatic heterocycles. The van der Waals surface area contributed by atoms with Gasteiger partial charge in [0.05, 0.1) is 6.10 Å². The maximum atomic E-state index is 12.4. The number of benzene rings is 3. The van der Waals surface area contributed by atoms with Crippen LogP contribution in [0.2, 0.25) is 0 Å². The fourth-order valence-electron chi connectivity index (χ4n) is 3.12. The average molecular weight is 336 g/mol. The van der Waals surface area contributed by atoms with E-state index in [0.717, 1.165) is 33.5 Å². The molecule has 0 amide bonds. The topological polar surface area (TPSA) is 46.5 Å². The van der Waals surface area contributed by atoms with Gasteiger partial charge in [0.15, 0.2) is 0 Å². The number of carbonyl (C=O) groups is 1. The van der Waals surface area contributed by atoms with Gasteiger partial charge in [-0.15, -0.1) is 0 Å². The number of carbonyl (C=O) groups excluding carboxylic acids is 1. The molecule has 3 heteroatoms. The highest BCUT2D eigenvalue weighted by atomic mass is 16.5. The number of hydrogen-bond acceptors (Lipinski definition) is 3. The van der Waals surface area contributed by atoms with Crippen LogP contribution in [0.25, 0.3) is 21.5 Å². The Kier molecular flexibility index (Phi) is 5.05. The van der Waals surface area contributed by atoms with E-state index in [9.17, 15) is 9.90 Å². The molecule has 0 aliphatic carbocycles. The zero-order chi connectivity index (χ0) is 18.0. The largest absolute Gasteiger partial charge is 0.425 e. The van der Waals surface area contributed by atoms with Crippen LogP contribution in [0.15, 0.2) is 48.5 Å². The number of ether oxygens (including phenoxy) is 1. The maximum Gasteiger partial charge on any atom is 0.311 e. The van der Waals surface area contributed by atoms with E-state index in [0.29, 0.717) is 18.1 Å². The van der Waals surface area contributed by atoms with E-state index in [1.807, 2.05) is 42.5 Å². The Balaban J connectivity index is 2.16. The molecule has 1 unspecified atom stereocenters. The Hall–Kier alpha value is -2.39. The van der Waals surface area contributed by atoms with Crippen LogP contribution in [-0.2, 0) is 4.79 Å². The van der Waals surface area contributed by atoms with E-state index >= 15 is 0 Å². The van der Waals surface area contributed by atoms with Crippen LogP contribution in [0.1, 0.15) is 45.3 Å². The number of esters is 1. The third kappa shape index (κ3) is 3.67. The summed E-state index contributed by atoms with van der Waals surface area (Å²) in [5.74, 6) is 0.830. The van der Waals surface area contributed by atoms with Crippen molar-refractivity contribution in [2.45, 2.75) is 39.7 Å². The highest BCUT2D eigenvalue weighted by Crippen LogP contribution is 2.38. The van der Waals surface area contributed by atoms with Crippen molar-refractivity contribution in [1.82, 2.24) is 0 Å². The van der Waals surface area contributed by atoms with E-state index in [-0.39, 0.29) is 5.97 Å². The molecule has 130 valence electrons. The highest BCUT2D eigenvalue weighted by molar-refractivity contribution is 6.07. The fourth-order valence-corrected chi connectivity index (χ4v) is 3.12. The van der Waals surface area contributed by atoms with Gasteiger partial charge < -0.3 is 9.84 Å². The van der Waals surface area contributed by atoms with Gasteiger partial charge in [-0.1, -0.05) is 56.3 Å². The van der Waals surface area contributed by atoms with E-state index in [4.69, 9.17) is 4.74 Å². The molecule has 25 heavy (non-hydrogen) atoms. The number of fused-ring (bicyclic) bond motifs is 2. The molecule has 0 saturated heterocycles. The second kappa shape index (κ2) is 7.24. The summed E-state index contributed by atoms with van der Waals surface area (Å²) in [4.78, 5) is 12.4. The average Bonchev–Trinajstić information content (AvgIpc) is 2.59. The Morgan fingerprint density at radius 2 is 1.72 bits per heavy atom. The monoisotopic (exact) mass is 336 g/mol. The van der Waals surface area contributed by atoms with Crippen LogP contribution in [0, 0.1) is 5.92 Å². The van der Waals surface area contributed by atoms with Gasteiger partial charge in [0.2, 0.25) is 0 Å². The minimum absolute atomic E-state index is 0.214. The van der Waals surface area contributed by atoms with Gasteiger partial charge in [-0.2, -0.15) is 0 Å². The molecule has 0 fully saturated rings. The van der Waals surface area contributed by atoms with Crippen molar-refractivity contribution in [3.05, 3.63) is 54.1 Å². The summed E-state index contributed by atoms with van der Waals surface area (Å²) < 4.78 is 5.81. The van der Waals surface area contributed by atoms with Gasteiger partial charge in [0.1, 0.15) is 5.75 Å². The SMILES string of the molecule is CC(C)CCC(=O)Oc1c2ccccc2cc2c(C(C)O)cccc12. The molecule has 0 spiro atoms. The minimum Gasteiger partial charge on any atom is -0.425 e. The molecule has 0 heterocycles. The minimum atomic E-state index is -0.589. The van der Waals surface area contributed by atoms with E-state index in [1.165, 1.54) is 0 Å². The Morgan fingerprint density at radius 1 is 1.00 bits per heavy atom. The lowest BCUT2D eigenvalue weighted by molar-refractivity contribution is -0.134. The standard InChI is InChI=1S/C22H24O3/c1-14(2)11-12-21(24)25-22-18-8-5-4-7-16(18)13-20-17(15(3)23)9-6-10-19(20)22/h4-10,13-15,23H,11-12H2,1-3H3. The van der Waals surface area contributed by atoms with Crippen molar-refractivity contribution in [3.8, 4) is 5.75 Å². The lowest BCUT2D eigenvalue weighted by Gasteiger charge is -2.15. The number of aliphatic hydroxyl groups is 1. The quantitative estimate of drug-likeness (QED) is 0.386. The van der Waals surface area contributed by atoms with Crippen LogP contribution >= 0.6 is 0 Å². The first-order valence-corrected chi connectivity index (χ1v) is 8.80. The Bertz CT molecular complexity index is 910. The van der Waals surface area contributed by atoms with Crippen molar-refractivity contribution in [3.63, 3.8) is 0 Å². The van der Waals surface area contributed by atoms with Gasteiger partial charge in [0, 0.05) is 17.2 Å². The molecular formula is C22H24O3. The third-order valence-corrected chi connectivity index (χ3v) is 4.48. The van der Waals surface area contributed by atoms with Crippen molar-refractivity contribution in [1.29, 1.82) is 0 Å². The summed E-state index contributed by atoms with van der Waals surface area (Å²) in [6.45, 7) is 5.93.